The van der Waals surface area contributed by atoms with Crippen LogP contribution in [0.1, 0.15) is 29.6 Å². The van der Waals surface area contributed by atoms with Crippen LogP contribution in [0.2, 0.25) is 0 Å². The van der Waals surface area contributed by atoms with Gasteiger partial charge in [0, 0.05) is 19.1 Å². The van der Waals surface area contributed by atoms with Crippen LogP contribution >= 0.6 is 11.3 Å². The van der Waals surface area contributed by atoms with Crippen molar-refractivity contribution >= 4 is 22.4 Å². The van der Waals surface area contributed by atoms with E-state index in [4.69, 9.17) is 0 Å². The zero-order valence-corrected chi connectivity index (χ0v) is 11.9. The summed E-state index contributed by atoms with van der Waals surface area (Å²) in [5.41, 5.74) is 0. The molecule has 1 amide bonds. The van der Waals surface area contributed by atoms with E-state index in [-0.39, 0.29) is 11.9 Å². The number of nitrogens with one attached hydrogen (secondary N) is 2. The van der Waals surface area contributed by atoms with Crippen LogP contribution in [0.5, 0.6) is 0 Å². The van der Waals surface area contributed by atoms with E-state index in [9.17, 15) is 4.79 Å². The molecule has 3 fully saturated rings. The summed E-state index contributed by atoms with van der Waals surface area (Å²) in [5, 5.41) is 15.2. The van der Waals surface area contributed by atoms with Crippen LogP contribution < -0.4 is 10.6 Å². The third kappa shape index (κ3) is 2.71. The molecular formula is C12H19N5OS. The van der Waals surface area contributed by atoms with E-state index in [0.29, 0.717) is 16.1 Å². The summed E-state index contributed by atoms with van der Waals surface area (Å²) in [6, 6.07) is 0.279. The highest BCUT2D eigenvalue weighted by Gasteiger charge is 2.35. The van der Waals surface area contributed by atoms with Crippen molar-refractivity contribution in [2.75, 3.05) is 31.5 Å². The van der Waals surface area contributed by atoms with Crippen LogP contribution in [0.4, 0.5) is 5.13 Å². The van der Waals surface area contributed by atoms with Gasteiger partial charge in [-0.25, -0.2) is 0 Å². The number of aromatic nitrogens is 2. The highest BCUT2D eigenvalue weighted by molar-refractivity contribution is 7.17. The van der Waals surface area contributed by atoms with Crippen molar-refractivity contribution in [1.29, 1.82) is 0 Å². The molecule has 1 aromatic heterocycles. The van der Waals surface area contributed by atoms with Crippen LogP contribution in [0.3, 0.4) is 0 Å². The van der Waals surface area contributed by atoms with Crippen LogP contribution in [0.25, 0.3) is 0 Å². The molecule has 2 N–H and O–H groups in total. The lowest BCUT2D eigenvalue weighted by atomic mass is 9.84. The summed E-state index contributed by atoms with van der Waals surface area (Å²) in [6.07, 6.45) is 2.40. The van der Waals surface area contributed by atoms with Crippen molar-refractivity contribution in [1.82, 2.24) is 20.4 Å². The minimum atomic E-state index is -0.0830. The van der Waals surface area contributed by atoms with E-state index in [2.05, 4.69) is 25.7 Å². The van der Waals surface area contributed by atoms with Gasteiger partial charge in [0.25, 0.3) is 5.91 Å². The Kier molecular flexibility index (Phi) is 3.65. The van der Waals surface area contributed by atoms with E-state index >= 15 is 0 Å². The van der Waals surface area contributed by atoms with Gasteiger partial charge in [0.15, 0.2) is 0 Å². The molecule has 104 valence electrons. The fourth-order valence-electron chi connectivity index (χ4n) is 2.90. The highest BCUT2D eigenvalue weighted by atomic mass is 32.1. The number of carbonyl (C=O) groups excluding carboxylic acids is 1. The number of amides is 1. The minimum Gasteiger partial charge on any atom is -0.360 e. The molecule has 0 aromatic carbocycles. The van der Waals surface area contributed by atoms with Gasteiger partial charge in [0.05, 0.1) is 0 Å². The molecule has 4 rings (SSSR count). The van der Waals surface area contributed by atoms with E-state index in [1.54, 1.807) is 0 Å². The first kappa shape index (κ1) is 12.8. The molecule has 6 nitrogen and oxygen atoms in total. The second kappa shape index (κ2) is 5.42. The number of carbonyl (C=O) groups is 1. The standard InChI is InChI=1S/C12H19N5OS/c1-2-13-12-16-15-11(19-12)10(18)14-9-7-17-5-3-8(9)4-6-17/h8-9H,2-7H2,1H3,(H,13,16)(H,14,18). The summed E-state index contributed by atoms with van der Waals surface area (Å²) >= 11 is 1.32. The quantitative estimate of drug-likeness (QED) is 0.854. The van der Waals surface area contributed by atoms with Gasteiger partial charge < -0.3 is 15.5 Å². The minimum absolute atomic E-state index is 0.0830. The Morgan fingerprint density at radius 2 is 2.21 bits per heavy atom. The van der Waals surface area contributed by atoms with Gasteiger partial charge in [-0.2, -0.15) is 0 Å². The predicted molar refractivity (Wildman–Crippen MR) is 74.5 cm³/mol. The van der Waals surface area contributed by atoms with Gasteiger partial charge in [-0.15, -0.1) is 10.2 Å². The fraction of sp³-hybridized carbons (Fsp3) is 0.750. The molecule has 7 heteroatoms. The van der Waals surface area contributed by atoms with Crippen molar-refractivity contribution in [2.45, 2.75) is 25.8 Å². The van der Waals surface area contributed by atoms with Gasteiger partial charge in [-0.1, -0.05) is 11.3 Å². The maximum absolute atomic E-state index is 12.2. The maximum atomic E-state index is 12.2. The average molecular weight is 281 g/mol. The van der Waals surface area contributed by atoms with Gasteiger partial charge in [-0.3, -0.25) is 4.79 Å². The first-order chi connectivity index (χ1) is 9.26. The SMILES string of the molecule is CCNc1nnc(C(=O)NC2CN3CCC2CC3)s1. The van der Waals surface area contributed by atoms with Crippen molar-refractivity contribution in [2.24, 2.45) is 5.92 Å². The number of piperidine rings is 3. The Bertz CT molecular complexity index is 455. The second-order valence-corrected chi connectivity index (χ2v) is 6.14. The molecule has 0 spiro atoms. The smallest absolute Gasteiger partial charge is 0.282 e. The molecule has 1 atom stereocenters. The first-order valence-corrected chi connectivity index (χ1v) is 7.68. The molecule has 1 aromatic rings. The van der Waals surface area contributed by atoms with E-state index in [1.165, 1.54) is 37.3 Å². The van der Waals surface area contributed by atoms with Crippen molar-refractivity contribution in [3.8, 4) is 0 Å². The number of fused-ring (bicyclic) bond motifs is 3. The summed E-state index contributed by atoms with van der Waals surface area (Å²) in [5.74, 6) is 0.551. The zero-order valence-electron chi connectivity index (χ0n) is 11.1. The lowest BCUT2D eigenvalue weighted by Crippen LogP contribution is -2.57. The lowest BCUT2D eigenvalue weighted by molar-refractivity contribution is 0.0620. The Morgan fingerprint density at radius 1 is 1.42 bits per heavy atom. The number of anilines is 1. The molecule has 1 unspecified atom stereocenters. The van der Waals surface area contributed by atoms with E-state index in [1.807, 2.05) is 6.92 Å². The third-order valence-electron chi connectivity index (χ3n) is 3.92. The Hall–Kier alpha value is -1.21. The molecule has 0 aliphatic carbocycles. The molecule has 3 aliphatic rings. The number of rotatable bonds is 4. The summed E-state index contributed by atoms with van der Waals surface area (Å²) in [6.45, 7) is 6.13. The van der Waals surface area contributed by atoms with Gasteiger partial charge >= 0.3 is 0 Å². The van der Waals surface area contributed by atoms with Crippen LogP contribution in [0.15, 0.2) is 0 Å². The average Bonchev–Trinajstić information content (AvgIpc) is 2.89. The maximum Gasteiger partial charge on any atom is 0.282 e. The normalized spacial score (nSPS) is 29.2. The molecule has 4 heterocycles. The van der Waals surface area contributed by atoms with E-state index in [0.717, 1.165) is 13.1 Å². The van der Waals surface area contributed by atoms with Crippen molar-refractivity contribution in [3.05, 3.63) is 5.01 Å². The van der Waals surface area contributed by atoms with Crippen LogP contribution in [0, 0.1) is 5.92 Å². The van der Waals surface area contributed by atoms with Crippen LogP contribution in [-0.2, 0) is 0 Å². The zero-order chi connectivity index (χ0) is 13.2. The molecule has 3 saturated heterocycles. The fourth-order valence-corrected chi connectivity index (χ4v) is 3.61. The topological polar surface area (TPSA) is 70.1 Å². The molecule has 0 saturated carbocycles. The first-order valence-electron chi connectivity index (χ1n) is 6.87. The van der Waals surface area contributed by atoms with Gasteiger partial charge in [0.1, 0.15) is 0 Å². The Morgan fingerprint density at radius 3 is 2.84 bits per heavy atom. The Balaban J connectivity index is 1.61. The molecule has 0 radical (unpaired) electrons. The van der Waals surface area contributed by atoms with Gasteiger partial charge in [-0.05, 0) is 38.8 Å². The molecular weight excluding hydrogens is 262 g/mol. The number of hydrogen-bond donors (Lipinski definition) is 2. The second-order valence-electron chi connectivity index (χ2n) is 5.16. The number of hydrogen-bond acceptors (Lipinski definition) is 6. The van der Waals surface area contributed by atoms with Crippen molar-refractivity contribution in [3.63, 3.8) is 0 Å². The molecule has 2 bridgehead atoms. The molecule has 3 aliphatic heterocycles. The van der Waals surface area contributed by atoms with Gasteiger partial charge in [0.2, 0.25) is 10.1 Å². The van der Waals surface area contributed by atoms with Crippen LogP contribution in [-0.4, -0.2) is 53.2 Å². The molecule has 19 heavy (non-hydrogen) atoms. The van der Waals surface area contributed by atoms with E-state index < -0.39 is 0 Å². The van der Waals surface area contributed by atoms with Crippen molar-refractivity contribution < 1.29 is 4.79 Å². The Labute approximate surface area is 116 Å². The highest BCUT2D eigenvalue weighted by Crippen LogP contribution is 2.27. The predicted octanol–water partition coefficient (Wildman–Crippen LogP) is 0.794. The largest absolute Gasteiger partial charge is 0.360 e. The monoisotopic (exact) mass is 281 g/mol. The summed E-state index contributed by atoms with van der Waals surface area (Å²) in [7, 11) is 0. The third-order valence-corrected chi connectivity index (χ3v) is 4.80. The number of nitrogens with zero attached hydrogens (tertiary/aromatic N) is 3. The summed E-state index contributed by atoms with van der Waals surface area (Å²) < 4.78 is 0. The summed E-state index contributed by atoms with van der Waals surface area (Å²) in [4.78, 5) is 14.6. The lowest BCUT2D eigenvalue weighted by Gasteiger charge is -2.44.